The van der Waals surface area contributed by atoms with E-state index in [2.05, 4.69) is 23.8 Å². The van der Waals surface area contributed by atoms with Gasteiger partial charge in [-0.25, -0.2) is 4.68 Å². The summed E-state index contributed by atoms with van der Waals surface area (Å²) in [5.74, 6) is 1.38. The third-order valence-electron chi connectivity index (χ3n) is 4.88. The first-order valence-electron chi connectivity index (χ1n) is 9.04. The zero-order valence-corrected chi connectivity index (χ0v) is 15.3. The molecule has 5 heteroatoms. The number of rotatable bonds is 6. The Kier molecular flexibility index (Phi) is 5.53. The Balaban J connectivity index is 1.55. The van der Waals surface area contributed by atoms with Gasteiger partial charge < -0.3 is 9.64 Å². The Labute approximate surface area is 149 Å². The van der Waals surface area contributed by atoms with Crippen molar-refractivity contribution < 1.29 is 4.74 Å². The molecule has 134 valence electrons. The highest BCUT2D eigenvalue weighted by Crippen LogP contribution is 2.21. The summed E-state index contributed by atoms with van der Waals surface area (Å²) in [4.78, 5) is 14.0. The maximum Gasteiger partial charge on any atom is 0.266 e. The number of ether oxygens (including phenoxy) is 1. The molecule has 1 saturated heterocycles. The van der Waals surface area contributed by atoms with E-state index in [9.17, 15) is 4.79 Å². The molecule has 2 atom stereocenters. The van der Waals surface area contributed by atoms with Gasteiger partial charge in [-0.3, -0.25) is 4.79 Å². The number of hydrogen-bond donors (Lipinski definition) is 0. The summed E-state index contributed by atoms with van der Waals surface area (Å²) >= 11 is 0. The fraction of sp³-hybridized carbons (Fsp3) is 0.500. The lowest BCUT2D eigenvalue weighted by Gasteiger charge is -2.24. The predicted molar refractivity (Wildman–Crippen MR) is 99.8 cm³/mol. The molecule has 1 aliphatic heterocycles. The van der Waals surface area contributed by atoms with Crippen LogP contribution >= 0.6 is 0 Å². The summed E-state index contributed by atoms with van der Waals surface area (Å²) < 4.78 is 7.29. The SMILES string of the molecule is C[C@@H](COc1ccc(-c2ccc(=O)n(C)n2)cc1)CN1CCC[C@H]1C. The molecule has 0 N–H and O–H groups in total. The van der Waals surface area contributed by atoms with Crippen LogP contribution in [0.4, 0.5) is 0 Å². The summed E-state index contributed by atoms with van der Waals surface area (Å²) in [7, 11) is 1.66. The van der Waals surface area contributed by atoms with Gasteiger partial charge in [0.2, 0.25) is 0 Å². The molecule has 0 bridgehead atoms. The molecule has 0 aliphatic carbocycles. The average Bonchev–Trinajstić information content (AvgIpc) is 3.01. The lowest BCUT2D eigenvalue weighted by Crippen LogP contribution is -2.33. The zero-order valence-electron chi connectivity index (χ0n) is 15.3. The topological polar surface area (TPSA) is 47.4 Å². The van der Waals surface area contributed by atoms with E-state index in [-0.39, 0.29) is 5.56 Å². The van der Waals surface area contributed by atoms with E-state index in [1.165, 1.54) is 30.1 Å². The van der Waals surface area contributed by atoms with Crippen molar-refractivity contribution in [1.29, 1.82) is 0 Å². The van der Waals surface area contributed by atoms with Crippen molar-refractivity contribution in [2.45, 2.75) is 32.7 Å². The number of likely N-dealkylation sites (tertiary alicyclic amines) is 1. The minimum Gasteiger partial charge on any atom is -0.493 e. The molecule has 0 amide bonds. The molecule has 1 fully saturated rings. The Hall–Kier alpha value is -2.14. The van der Waals surface area contributed by atoms with Crippen molar-refractivity contribution >= 4 is 0 Å². The van der Waals surface area contributed by atoms with Gasteiger partial charge in [-0.1, -0.05) is 6.92 Å². The summed E-state index contributed by atoms with van der Waals surface area (Å²) in [6.07, 6.45) is 2.63. The van der Waals surface area contributed by atoms with Gasteiger partial charge in [-0.15, -0.1) is 0 Å². The maximum atomic E-state index is 11.4. The van der Waals surface area contributed by atoms with Crippen LogP contribution < -0.4 is 10.3 Å². The van der Waals surface area contributed by atoms with Gasteiger partial charge in [-0.2, -0.15) is 5.10 Å². The van der Waals surface area contributed by atoms with Crippen LogP contribution in [-0.2, 0) is 7.05 Å². The molecule has 0 saturated carbocycles. The molecule has 0 unspecified atom stereocenters. The summed E-state index contributed by atoms with van der Waals surface area (Å²) in [5, 5.41) is 4.27. The lowest BCUT2D eigenvalue weighted by atomic mass is 10.1. The van der Waals surface area contributed by atoms with E-state index in [1.807, 2.05) is 24.3 Å². The molecule has 2 heterocycles. The molecular formula is C20H27N3O2. The molecule has 1 aromatic heterocycles. The third kappa shape index (κ3) is 4.48. The normalized spacial score (nSPS) is 19.1. The van der Waals surface area contributed by atoms with Crippen LogP contribution in [0.5, 0.6) is 5.75 Å². The Bertz CT molecular complexity index is 754. The second kappa shape index (κ2) is 7.83. The molecule has 3 rings (SSSR count). The molecule has 1 aliphatic rings. The largest absolute Gasteiger partial charge is 0.493 e. The van der Waals surface area contributed by atoms with Crippen molar-refractivity contribution in [3.8, 4) is 17.0 Å². The average molecular weight is 341 g/mol. The first-order valence-corrected chi connectivity index (χ1v) is 9.04. The second-order valence-electron chi connectivity index (χ2n) is 7.11. The van der Waals surface area contributed by atoms with Gasteiger partial charge >= 0.3 is 0 Å². The number of nitrogens with zero attached hydrogens (tertiary/aromatic N) is 3. The van der Waals surface area contributed by atoms with Gasteiger partial charge in [0, 0.05) is 37.2 Å². The number of hydrogen-bond acceptors (Lipinski definition) is 4. The highest BCUT2D eigenvalue weighted by Gasteiger charge is 2.21. The van der Waals surface area contributed by atoms with E-state index < -0.39 is 0 Å². The number of aryl methyl sites for hydroxylation is 1. The van der Waals surface area contributed by atoms with Crippen LogP contribution in [0.2, 0.25) is 0 Å². The van der Waals surface area contributed by atoms with Crippen LogP contribution in [0.15, 0.2) is 41.2 Å². The summed E-state index contributed by atoms with van der Waals surface area (Å²) in [5.41, 5.74) is 1.65. The number of aromatic nitrogens is 2. The fourth-order valence-electron chi connectivity index (χ4n) is 3.33. The lowest BCUT2D eigenvalue weighted by molar-refractivity contribution is 0.181. The van der Waals surface area contributed by atoms with Crippen LogP contribution in [0.25, 0.3) is 11.3 Å². The molecule has 0 radical (unpaired) electrons. The van der Waals surface area contributed by atoms with Crippen molar-refractivity contribution in [2.24, 2.45) is 13.0 Å². The van der Waals surface area contributed by atoms with Gasteiger partial charge in [-0.05, 0) is 56.6 Å². The van der Waals surface area contributed by atoms with Crippen LogP contribution in [-0.4, -0.2) is 40.4 Å². The smallest absolute Gasteiger partial charge is 0.266 e. The highest BCUT2D eigenvalue weighted by atomic mass is 16.5. The first-order chi connectivity index (χ1) is 12.0. The Morgan fingerprint density at radius 1 is 1.24 bits per heavy atom. The van der Waals surface area contributed by atoms with E-state index >= 15 is 0 Å². The van der Waals surface area contributed by atoms with E-state index in [0.29, 0.717) is 12.0 Å². The van der Waals surface area contributed by atoms with Gasteiger partial charge in [0.1, 0.15) is 5.75 Å². The van der Waals surface area contributed by atoms with Gasteiger partial charge in [0.05, 0.1) is 12.3 Å². The monoisotopic (exact) mass is 341 g/mol. The van der Waals surface area contributed by atoms with E-state index in [0.717, 1.165) is 30.2 Å². The first kappa shape index (κ1) is 17.7. The van der Waals surface area contributed by atoms with Crippen molar-refractivity contribution in [3.05, 3.63) is 46.8 Å². The third-order valence-corrected chi connectivity index (χ3v) is 4.88. The molecular weight excluding hydrogens is 314 g/mol. The Morgan fingerprint density at radius 3 is 2.64 bits per heavy atom. The summed E-state index contributed by atoms with van der Waals surface area (Å²) in [6.45, 7) is 7.59. The maximum absolute atomic E-state index is 11.4. The summed E-state index contributed by atoms with van der Waals surface area (Å²) in [6, 6.07) is 11.9. The molecule has 5 nitrogen and oxygen atoms in total. The van der Waals surface area contributed by atoms with Gasteiger partial charge in [0.15, 0.2) is 0 Å². The van der Waals surface area contributed by atoms with Crippen LogP contribution in [0.1, 0.15) is 26.7 Å². The van der Waals surface area contributed by atoms with E-state index in [1.54, 1.807) is 13.1 Å². The minimum atomic E-state index is -0.106. The molecule has 1 aromatic carbocycles. The van der Waals surface area contributed by atoms with Crippen LogP contribution in [0, 0.1) is 5.92 Å². The quantitative estimate of drug-likeness (QED) is 0.810. The predicted octanol–water partition coefficient (Wildman–Crippen LogP) is 2.95. The highest BCUT2D eigenvalue weighted by molar-refractivity contribution is 5.59. The molecule has 2 aromatic rings. The standard InChI is InChI=1S/C20H27N3O2/c1-15(13-23-12-4-5-16(23)2)14-25-18-8-6-17(7-9-18)19-10-11-20(24)22(3)21-19/h6-11,15-16H,4-5,12-14H2,1-3H3/t15-,16-/m1/s1. The van der Waals surface area contributed by atoms with Crippen molar-refractivity contribution in [1.82, 2.24) is 14.7 Å². The van der Waals surface area contributed by atoms with Crippen LogP contribution in [0.3, 0.4) is 0 Å². The number of benzene rings is 1. The molecule has 0 spiro atoms. The Morgan fingerprint density at radius 2 is 2.00 bits per heavy atom. The fourth-order valence-corrected chi connectivity index (χ4v) is 3.33. The zero-order chi connectivity index (χ0) is 17.8. The second-order valence-corrected chi connectivity index (χ2v) is 7.11. The van der Waals surface area contributed by atoms with E-state index in [4.69, 9.17) is 4.74 Å². The van der Waals surface area contributed by atoms with Crippen molar-refractivity contribution in [2.75, 3.05) is 19.7 Å². The molecule has 25 heavy (non-hydrogen) atoms. The minimum absolute atomic E-state index is 0.106. The van der Waals surface area contributed by atoms with Gasteiger partial charge in [0.25, 0.3) is 5.56 Å². The van der Waals surface area contributed by atoms with Crippen molar-refractivity contribution in [3.63, 3.8) is 0 Å².